The number of halogens is 1. The number of hydrogen-bond donors (Lipinski definition) is 2. The van der Waals surface area contributed by atoms with Crippen molar-refractivity contribution in [3.8, 4) is 0 Å². The first-order valence-electron chi connectivity index (χ1n) is 4.55. The quantitative estimate of drug-likeness (QED) is 0.807. The van der Waals surface area contributed by atoms with E-state index in [9.17, 15) is 4.79 Å². The van der Waals surface area contributed by atoms with Gasteiger partial charge in [-0.05, 0) is 29.6 Å². The van der Waals surface area contributed by atoms with Gasteiger partial charge in [0, 0.05) is 10.9 Å². The number of hydrogen-bond acceptors (Lipinski definition) is 3. The highest BCUT2D eigenvalue weighted by Crippen LogP contribution is 2.20. The molecule has 0 fully saturated rings. The number of rotatable bonds is 2. The predicted molar refractivity (Wildman–Crippen MR) is 68.1 cm³/mol. The third-order valence-electron chi connectivity index (χ3n) is 2.04. The molecule has 0 radical (unpaired) electrons. The Bertz CT molecular complexity index is 511. The van der Waals surface area contributed by atoms with E-state index >= 15 is 0 Å². The molecule has 1 aromatic heterocycles. The van der Waals surface area contributed by atoms with Crippen LogP contribution in [-0.4, -0.2) is 5.91 Å². The van der Waals surface area contributed by atoms with Crippen LogP contribution >= 0.6 is 22.9 Å². The van der Waals surface area contributed by atoms with Gasteiger partial charge in [0.15, 0.2) is 0 Å². The van der Waals surface area contributed by atoms with E-state index < -0.39 is 0 Å². The zero-order valence-electron chi connectivity index (χ0n) is 8.24. The SMILES string of the molecule is Nc1ccc(C(=O)Nc2ccsc2)cc1Cl. The molecule has 0 spiro atoms. The van der Waals surface area contributed by atoms with Gasteiger partial charge in [-0.3, -0.25) is 4.79 Å². The first-order valence-corrected chi connectivity index (χ1v) is 5.87. The summed E-state index contributed by atoms with van der Waals surface area (Å²) < 4.78 is 0. The van der Waals surface area contributed by atoms with Crippen molar-refractivity contribution in [2.75, 3.05) is 11.1 Å². The normalized spacial score (nSPS) is 10.1. The Hall–Kier alpha value is -1.52. The second-order valence-corrected chi connectivity index (χ2v) is 4.39. The number of nitrogens with two attached hydrogens (primary N) is 1. The maximum atomic E-state index is 11.8. The van der Waals surface area contributed by atoms with Gasteiger partial charge in [0.05, 0.1) is 16.4 Å². The molecular formula is C11H9ClN2OS. The number of nitrogen functional groups attached to an aromatic ring is 1. The average Bonchev–Trinajstić information content (AvgIpc) is 2.74. The van der Waals surface area contributed by atoms with Crippen molar-refractivity contribution in [1.82, 2.24) is 0 Å². The van der Waals surface area contributed by atoms with Gasteiger partial charge < -0.3 is 11.1 Å². The van der Waals surface area contributed by atoms with Crippen molar-refractivity contribution in [2.45, 2.75) is 0 Å². The van der Waals surface area contributed by atoms with Gasteiger partial charge in [0.2, 0.25) is 0 Å². The zero-order valence-corrected chi connectivity index (χ0v) is 9.81. The van der Waals surface area contributed by atoms with Crippen LogP contribution in [0.5, 0.6) is 0 Å². The molecule has 0 unspecified atom stereocenters. The molecule has 82 valence electrons. The molecule has 0 aliphatic heterocycles. The van der Waals surface area contributed by atoms with Crippen molar-refractivity contribution in [3.05, 3.63) is 45.6 Å². The standard InChI is InChI=1S/C11H9ClN2OS/c12-9-5-7(1-2-10(9)13)11(15)14-8-3-4-16-6-8/h1-6H,13H2,(H,14,15). The smallest absolute Gasteiger partial charge is 0.255 e. The number of benzene rings is 1. The summed E-state index contributed by atoms with van der Waals surface area (Å²) in [5.74, 6) is -0.194. The lowest BCUT2D eigenvalue weighted by Gasteiger charge is -2.04. The molecule has 3 N–H and O–H groups in total. The van der Waals surface area contributed by atoms with Crippen molar-refractivity contribution >= 4 is 40.2 Å². The van der Waals surface area contributed by atoms with E-state index in [4.69, 9.17) is 17.3 Å². The van der Waals surface area contributed by atoms with Crippen LogP contribution in [0.4, 0.5) is 11.4 Å². The van der Waals surface area contributed by atoms with Crippen molar-refractivity contribution in [2.24, 2.45) is 0 Å². The minimum Gasteiger partial charge on any atom is -0.398 e. The molecule has 1 amide bonds. The van der Waals surface area contributed by atoms with Crippen LogP contribution in [0.15, 0.2) is 35.0 Å². The van der Waals surface area contributed by atoms with E-state index in [2.05, 4.69) is 5.32 Å². The Kier molecular flexibility index (Phi) is 3.12. The van der Waals surface area contributed by atoms with Crippen LogP contribution in [0.3, 0.4) is 0 Å². The Morgan fingerprint density at radius 3 is 2.81 bits per heavy atom. The summed E-state index contributed by atoms with van der Waals surface area (Å²) in [4.78, 5) is 11.8. The largest absolute Gasteiger partial charge is 0.398 e. The monoisotopic (exact) mass is 252 g/mol. The van der Waals surface area contributed by atoms with E-state index in [1.807, 2.05) is 16.8 Å². The first kappa shape index (κ1) is 11.0. The molecule has 2 aromatic rings. The van der Waals surface area contributed by atoms with Crippen molar-refractivity contribution in [1.29, 1.82) is 0 Å². The van der Waals surface area contributed by atoms with E-state index in [1.54, 1.807) is 18.2 Å². The van der Waals surface area contributed by atoms with E-state index in [-0.39, 0.29) is 5.91 Å². The third kappa shape index (κ3) is 2.35. The second-order valence-electron chi connectivity index (χ2n) is 3.20. The van der Waals surface area contributed by atoms with Crippen LogP contribution in [0, 0.1) is 0 Å². The summed E-state index contributed by atoms with van der Waals surface area (Å²) in [6, 6.07) is 6.65. The van der Waals surface area contributed by atoms with E-state index in [0.717, 1.165) is 5.69 Å². The van der Waals surface area contributed by atoms with E-state index in [0.29, 0.717) is 16.3 Å². The molecule has 5 heteroatoms. The lowest BCUT2D eigenvalue weighted by atomic mass is 10.2. The fourth-order valence-electron chi connectivity index (χ4n) is 1.21. The molecule has 0 bridgehead atoms. The summed E-state index contributed by atoms with van der Waals surface area (Å²) in [5.41, 5.74) is 7.30. The zero-order chi connectivity index (χ0) is 11.5. The lowest BCUT2D eigenvalue weighted by molar-refractivity contribution is 0.102. The Labute approximate surface area is 102 Å². The maximum Gasteiger partial charge on any atom is 0.255 e. The van der Waals surface area contributed by atoms with Gasteiger partial charge in [-0.25, -0.2) is 0 Å². The second kappa shape index (κ2) is 4.55. The number of thiophene rings is 1. The summed E-state index contributed by atoms with van der Waals surface area (Å²) in [6.07, 6.45) is 0. The maximum absolute atomic E-state index is 11.8. The summed E-state index contributed by atoms with van der Waals surface area (Å²) in [5, 5.41) is 6.90. The van der Waals surface area contributed by atoms with Crippen LogP contribution in [0.25, 0.3) is 0 Å². The molecule has 0 aliphatic carbocycles. The van der Waals surface area contributed by atoms with Crippen LogP contribution < -0.4 is 11.1 Å². The highest BCUT2D eigenvalue weighted by molar-refractivity contribution is 7.08. The minimum atomic E-state index is -0.194. The topological polar surface area (TPSA) is 55.1 Å². The van der Waals surface area contributed by atoms with Crippen molar-refractivity contribution < 1.29 is 4.79 Å². The molecule has 3 nitrogen and oxygen atoms in total. The van der Waals surface area contributed by atoms with Gasteiger partial charge >= 0.3 is 0 Å². The van der Waals surface area contributed by atoms with Gasteiger partial charge in [-0.2, -0.15) is 11.3 Å². The predicted octanol–water partition coefficient (Wildman–Crippen LogP) is 3.24. The van der Waals surface area contributed by atoms with Crippen LogP contribution in [0.1, 0.15) is 10.4 Å². The minimum absolute atomic E-state index is 0.194. The molecule has 16 heavy (non-hydrogen) atoms. The first-order chi connectivity index (χ1) is 7.66. The van der Waals surface area contributed by atoms with E-state index in [1.165, 1.54) is 11.3 Å². The molecule has 0 atom stereocenters. The molecule has 0 aliphatic rings. The van der Waals surface area contributed by atoms with Gasteiger partial charge in [-0.15, -0.1) is 0 Å². The highest BCUT2D eigenvalue weighted by atomic mass is 35.5. The number of nitrogens with one attached hydrogen (secondary N) is 1. The number of amides is 1. The molecule has 2 rings (SSSR count). The molecule has 1 heterocycles. The number of carbonyl (C=O) groups is 1. The fourth-order valence-corrected chi connectivity index (χ4v) is 1.98. The summed E-state index contributed by atoms with van der Waals surface area (Å²) in [6.45, 7) is 0. The van der Waals surface area contributed by atoms with Crippen molar-refractivity contribution in [3.63, 3.8) is 0 Å². The summed E-state index contributed by atoms with van der Waals surface area (Å²) >= 11 is 7.36. The summed E-state index contributed by atoms with van der Waals surface area (Å²) in [7, 11) is 0. The van der Waals surface area contributed by atoms with Gasteiger partial charge in [-0.1, -0.05) is 11.6 Å². The van der Waals surface area contributed by atoms with Crippen LogP contribution in [-0.2, 0) is 0 Å². The highest BCUT2D eigenvalue weighted by Gasteiger charge is 2.07. The van der Waals surface area contributed by atoms with Gasteiger partial charge in [0.25, 0.3) is 5.91 Å². The number of carbonyl (C=O) groups excluding carboxylic acids is 1. The third-order valence-corrected chi connectivity index (χ3v) is 3.05. The number of anilines is 2. The fraction of sp³-hybridized carbons (Fsp3) is 0. The Balaban J connectivity index is 2.18. The molecule has 1 aromatic carbocycles. The molecule has 0 saturated heterocycles. The Morgan fingerprint density at radius 1 is 1.38 bits per heavy atom. The molecular weight excluding hydrogens is 244 g/mol. The average molecular weight is 253 g/mol. The lowest BCUT2D eigenvalue weighted by Crippen LogP contribution is -2.11. The Morgan fingerprint density at radius 2 is 2.19 bits per heavy atom. The van der Waals surface area contributed by atoms with Gasteiger partial charge in [0.1, 0.15) is 0 Å². The molecule has 0 saturated carbocycles. The van der Waals surface area contributed by atoms with Crippen LogP contribution in [0.2, 0.25) is 5.02 Å².